The summed E-state index contributed by atoms with van der Waals surface area (Å²) in [7, 11) is -3.59. The van der Waals surface area contributed by atoms with E-state index in [-0.39, 0.29) is 4.90 Å². The fraction of sp³-hybridized carbons (Fsp3) is 0.316. The van der Waals surface area contributed by atoms with Gasteiger partial charge in [0.25, 0.3) is 10.0 Å². The normalized spacial score (nSPS) is 14.8. The molecule has 3 rings (SSSR count). The van der Waals surface area contributed by atoms with Crippen molar-refractivity contribution in [3.8, 4) is 5.75 Å². The average Bonchev–Trinajstić information content (AvgIpc) is 2.90. The molecule has 1 aliphatic heterocycles. The van der Waals surface area contributed by atoms with Gasteiger partial charge in [-0.1, -0.05) is 47.0 Å². The van der Waals surface area contributed by atoms with Gasteiger partial charge in [0.2, 0.25) is 0 Å². The molecule has 0 bridgehead atoms. The van der Waals surface area contributed by atoms with Crippen molar-refractivity contribution >= 4 is 31.7 Å². The molecule has 1 heterocycles. The van der Waals surface area contributed by atoms with Crippen LogP contribution in [0.15, 0.2) is 57.8 Å². The van der Waals surface area contributed by atoms with Crippen molar-refractivity contribution in [1.29, 1.82) is 0 Å². The van der Waals surface area contributed by atoms with Crippen LogP contribution in [0.25, 0.3) is 0 Å². The van der Waals surface area contributed by atoms with Gasteiger partial charge in [-0.05, 0) is 43.2 Å². The number of hydrogen-bond donors (Lipinski definition) is 0. The minimum Gasteiger partial charge on any atom is -0.494 e. The lowest BCUT2D eigenvalue weighted by atomic mass is 10.0. The minimum absolute atomic E-state index is 0.272. The molecule has 2 aromatic carbocycles. The zero-order chi connectivity index (χ0) is 17.7. The smallest absolute Gasteiger partial charge is 0.283 e. The molecule has 0 unspecified atom stereocenters. The summed E-state index contributed by atoms with van der Waals surface area (Å²) >= 11 is 3.43. The predicted molar refractivity (Wildman–Crippen MR) is 103 cm³/mol. The summed E-state index contributed by atoms with van der Waals surface area (Å²) in [5.74, 6) is 0.791. The molecule has 0 spiro atoms. The highest BCUT2D eigenvalue weighted by Crippen LogP contribution is 2.29. The van der Waals surface area contributed by atoms with Crippen molar-refractivity contribution in [3.63, 3.8) is 0 Å². The summed E-state index contributed by atoms with van der Waals surface area (Å²) in [4.78, 5) is 0.272. The van der Waals surface area contributed by atoms with E-state index in [2.05, 4.69) is 20.3 Å². The van der Waals surface area contributed by atoms with Crippen molar-refractivity contribution < 1.29 is 13.2 Å². The maximum absolute atomic E-state index is 12.1. The lowest BCUT2D eigenvalue weighted by molar-refractivity contribution is 0.305. The highest BCUT2D eigenvalue weighted by molar-refractivity contribution is 9.09. The summed E-state index contributed by atoms with van der Waals surface area (Å²) in [6.07, 6.45) is 4.60. The van der Waals surface area contributed by atoms with E-state index in [0.717, 1.165) is 29.5 Å². The van der Waals surface area contributed by atoms with Crippen LogP contribution >= 0.6 is 15.9 Å². The second kappa shape index (κ2) is 8.15. The van der Waals surface area contributed by atoms with Crippen LogP contribution in [0, 0.1) is 0 Å². The summed E-state index contributed by atoms with van der Waals surface area (Å²) < 4.78 is 34.0. The Balaban J connectivity index is 1.66. The molecule has 0 saturated heterocycles. The molecule has 0 atom stereocenters. The molecule has 2 aromatic rings. The van der Waals surface area contributed by atoms with Crippen LogP contribution in [0.3, 0.4) is 0 Å². The van der Waals surface area contributed by atoms with E-state index < -0.39 is 10.0 Å². The second-order valence-electron chi connectivity index (χ2n) is 5.89. The molecule has 0 saturated carbocycles. The van der Waals surface area contributed by atoms with Crippen molar-refractivity contribution in [2.24, 2.45) is 4.40 Å². The molecule has 0 aliphatic carbocycles. The highest BCUT2D eigenvalue weighted by atomic mass is 79.9. The standard InChI is InChI=1S/C19H20BrNO3S/c20-13-5-1-2-6-14-24-16-11-9-15(10-12-16)19-17-7-3-4-8-18(17)25(22,23)21-19/h3-4,7-12H,1-2,5-6,13-14H2. The Bertz CT molecular complexity index is 860. The van der Waals surface area contributed by atoms with Crippen molar-refractivity contribution in [2.75, 3.05) is 11.9 Å². The van der Waals surface area contributed by atoms with E-state index in [1.165, 1.54) is 12.8 Å². The first kappa shape index (κ1) is 18.1. The number of ether oxygens (including phenoxy) is 1. The number of fused-ring (bicyclic) bond motifs is 1. The van der Waals surface area contributed by atoms with Crippen molar-refractivity contribution in [3.05, 3.63) is 59.7 Å². The Labute approximate surface area is 157 Å². The van der Waals surface area contributed by atoms with E-state index in [4.69, 9.17) is 4.74 Å². The van der Waals surface area contributed by atoms with Gasteiger partial charge in [-0.25, -0.2) is 0 Å². The Morgan fingerprint density at radius 3 is 2.40 bits per heavy atom. The molecule has 0 N–H and O–H groups in total. The molecule has 132 valence electrons. The largest absolute Gasteiger partial charge is 0.494 e. The summed E-state index contributed by atoms with van der Waals surface area (Å²) in [6.45, 7) is 0.694. The van der Waals surface area contributed by atoms with Gasteiger partial charge >= 0.3 is 0 Å². The van der Waals surface area contributed by atoms with Gasteiger partial charge in [-0.2, -0.15) is 12.8 Å². The van der Waals surface area contributed by atoms with Gasteiger partial charge in [-0.15, -0.1) is 0 Å². The summed E-state index contributed by atoms with van der Waals surface area (Å²) in [5, 5.41) is 1.05. The monoisotopic (exact) mass is 421 g/mol. The number of sulfonamides is 1. The zero-order valence-electron chi connectivity index (χ0n) is 13.8. The third-order valence-corrected chi connectivity index (χ3v) is 5.95. The Hall–Kier alpha value is -1.66. The van der Waals surface area contributed by atoms with E-state index in [1.807, 2.05) is 30.3 Å². The van der Waals surface area contributed by atoms with Gasteiger partial charge < -0.3 is 4.74 Å². The van der Waals surface area contributed by atoms with E-state index in [0.29, 0.717) is 17.9 Å². The number of alkyl halides is 1. The van der Waals surface area contributed by atoms with E-state index in [1.54, 1.807) is 18.2 Å². The molecular formula is C19H20BrNO3S. The number of hydrogen-bond acceptors (Lipinski definition) is 3. The average molecular weight is 422 g/mol. The first-order chi connectivity index (χ1) is 12.1. The fourth-order valence-corrected chi connectivity index (χ4v) is 4.40. The first-order valence-electron chi connectivity index (χ1n) is 8.35. The molecule has 0 amide bonds. The van der Waals surface area contributed by atoms with Gasteiger partial charge in [0.15, 0.2) is 0 Å². The molecule has 0 fully saturated rings. The molecule has 0 aromatic heterocycles. The fourth-order valence-electron chi connectivity index (χ4n) is 2.76. The van der Waals surface area contributed by atoms with Gasteiger partial charge in [-0.3, -0.25) is 0 Å². The lowest BCUT2D eigenvalue weighted by Crippen LogP contribution is -2.01. The summed E-state index contributed by atoms with van der Waals surface area (Å²) in [5.41, 5.74) is 1.93. The zero-order valence-corrected chi connectivity index (χ0v) is 16.2. The van der Waals surface area contributed by atoms with Crippen LogP contribution in [0.1, 0.15) is 36.8 Å². The van der Waals surface area contributed by atoms with Crippen LogP contribution in [-0.4, -0.2) is 26.1 Å². The third kappa shape index (κ3) is 4.30. The minimum atomic E-state index is -3.59. The molecular weight excluding hydrogens is 402 g/mol. The topological polar surface area (TPSA) is 55.7 Å². The predicted octanol–water partition coefficient (Wildman–Crippen LogP) is 4.56. The van der Waals surface area contributed by atoms with E-state index >= 15 is 0 Å². The Morgan fingerprint density at radius 1 is 0.920 bits per heavy atom. The first-order valence-corrected chi connectivity index (χ1v) is 10.9. The number of unbranched alkanes of at least 4 members (excludes halogenated alkanes) is 3. The number of nitrogens with zero attached hydrogens (tertiary/aromatic N) is 1. The van der Waals surface area contributed by atoms with Crippen LogP contribution in [0.5, 0.6) is 5.75 Å². The Morgan fingerprint density at radius 2 is 1.64 bits per heavy atom. The van der Waals surface area contributed by atoms with Crippen molar-refractivity contribution in [2.45, 2.75) is 30.6 Å². The Kier molecular flexibility index (Phi) is 5.91. The maximum Gasteiger partial charge on any atom is 0.283 e. The number of halogens is 1. The number of rotatable bonds is 8. The van der Waals surface area contributed by atoms with Gasteiger partial charge in [0.05, 0.1) is 17.2 Å². The quantitative estimate of drug-likeness (QED) is 0.463. The molecule has 4 nitrogen and oxygen atoms in total. The van der Waals surface area contributed by atoms with Crippen molar-refractivity contribution in [1.82, 2.24) is 0 Å². The second-order valence-corrected chi connectivity index (χ2v) is 8.25. The summed E-state index contributed by atoms with van der Waals surface area (Å²) in [6, 6.07) is 14.4. The van der Waals surface area contributed by atoms with Crippen LogP contribution in [0.4, 0.5) is 0 Å². The third-order valence-electron chi connectivity index (χ3n) is 4.06. The molecule has 0 radical (unpaired) electrons. The SMILES string of the molecule is O=S1(=O)N=C(c2ccc(OCCCCCCBr)cc2)c2ccccc21. The van der Waals surface area contributed by atoms with Gasteiger partial charge in [0, 0.05) is 16.5 Å². The number of benzene rings is 2. The van der Waals surface area contributed by atoms with Crippen LogP contribution in [-0.2, 0) is 10.0 Å². The van der Waals surface area contributed by atoms with Crippen LogP contribution < -0.4 is 4.74 Å². The molecule has 1 aliphatic rings. The molecule has 6 heteroatoms. The maximum atomic E-state index is 12.1. The van der Waals surface area contributed by atoms with Gasteiger partial charge in [0.1, 0.15) is 5.75 Å². The molecule has 25 heavy (non-hydrogen) atoms. The van der Waals surface area contributed by atoms with E-state index in [9.17, 15) is 8.42 Å². The highest BCUT2D eigenvalue weighted by Gasteiger charge is 2.28. The van der Waals surface area contributed by atoms with Crippen LogP contribution in [0.2, 0.25) is 0 Å². The lowest BCUT2D eigenvalue weighted by Gasteiger charge is -2.07.